The minimum atomic E-state index is -0.442. The summed E-state index contributed by atoms with van der Waals surface area (Å²) >= 11 is 0. The number of aliphatic imine (C=N–C) groups is 1. The lowest BCUT2D eigenvalue weighted by molar-refractivity contribution is -0.0370. The molecule has 3 heterocycles. The van der Waals surface area contributed by atoms with E-state index in [1.54, 1.807) is 13.1 Å². The summed E-state index contributed by atoms with van der Waals surface area (Å²) in [6.07, 6.45) is 6.26. The number of guanidine groups is 1. The van der Waals surface area contributed by atoms with E-state index in [1.807, 2.05) is 0 Å². The van der Waals surface area contributed by atoms with Crippen LogP contribution in [0.3, 0.4) is 0 Å². The highest BCUT2D eigenvalue weighted by Crippen LogP contribution is 2.37. The summed E-state index contributed by atoms with van der Waals surface area (Å²) in [5.41, 5.74) is 0.266. The quantitative estimate of drug-likeness (QED) is 0.312. The highest BCUT2D eigenvalue weighted by molar-refractivity contribution is 14.0. The third-order valence-electron chi connectivity index (χ3n) is 4.93. The van der Waals surface area contributed by atoms with Crippen LogP contribution in [0.4, 0.5) is 4.39 Å². The van der Waals surface area contributed by atoms with Crippen molar-refractivity contribution in [3.63, 3.8) is 0 Å². The molecule has 2 fully saturated rings. The number of rotatable bonds is 4. The van der Waals surface area contributed by atoms with Gasteiger partial charge in [0.05, 0.1) is 13.2 Å². The van der Waals surface area contributed by atoms with E-state index in [2.05, 4.69) is 20.2 Å². The second kappa shape index (κ2) is 10.2. The van der Waals surface area contributed by atoms with Crippen molar-refractivity contribution in [1.29, 1.82) is 0 Å². The van der Waals surface area contributed by atoms with Crippen LogP contribution in [0, 0.1) is 11.2 Å². The van der Waals surface area contributed by atoms with E-state index in [1.165, 1.54) is 25.1 Å². The van der Waals surface area contributed by atoms with E-state index >= 15 is 0 Å². The van der Waals surface area contributed by atoms with Crippen LogP contribution in [0.5, 0.6) is 5.88 Å². The minimum Gasteiger partial charge on any atom is -0.474 e. The summed E-state index contributed by atoms with van der Waals surface area (Å²) in [5, 5.41) is 3.31. The summed E-state index contributed by atoms with van der Waals surface area (Å²) < 4.78 is 24.6. The normalized spacial score (nSPS) is 23.5. The fourth-order valence-electron chi connectivity index (χ4n) is 3.74. The molecule has 1 aromatic rings. The maximum absolute atomic E-state index is 13.5. The predicted octanol–water partition coefficient (Wildman–Crippen LogP) is 2.69. The Morgan fingerprint density at radius 1 is 1.46 bits per heavy atom. The standard InChI is InChI=1S/C18H27FN4O2.HI/c1-20-17(22-9-12-25-16-15(19)5-2-8-21-16)23-10-3-6-18(13-23)7-4-11-24-14-18;/h2,5,8H,3-4,6-7,9-14H2,1H3,(H,20,22);1H. The third kappa shape index (κ3) is 5.42. The Bertz CT molecular complexity index is 591. The Balaban J connectivity index is 0.00000243. The summed E-state index contributed by atoms with van der Waals surface area (Å²) in [4.78, 5) is 10.6. The van der Waals surface area contributed by atoms with E-state index in [9.17, 15) is 4.39 Å². The van der Waals surface area contributed by atoms with Gasteiger partial charge in [-0.1, -0.05) is 0 Å². The molecule has 0 amide bonds. The first-order valence-electron chi connectivity index (χ1n) is 8.99. The van der Waals surface area contributed by atoms with Gasteiger partial charge in [0, 0.05) is 38.4 Å². The molecule has 0 saturated carbocycles. The molecule has 1 N–H and O–H groups in total. The van der Waals surface area contributed by atoms with Gasteiger partial charge >= 0.3 is 0 Å². The molecule has 2 saturated heterocycles. The van der Waals surface area contributed by atoms with Gasteiger partial charge in [-0.25, -0.2) is 9.37 Å². The van der Waals surface area contributed by atoms with Crippen molar-refractivity contribution in [3.05, 3.63) is 24.1 Å². The molecule has 6 nitrogen and oxygen atoms in total. The maximum Gasteiger partial charge on any atom is 0.250 e. The first kappa shape index (κ1) is 21.1. The average molecular weight is 478 g/mol. The SMILES string of the molecule is CN=C(NCCOc1ncccc1F)N1CCCC2(CCCOC2)C1.I. The van der Waals surface area contributed by atoms with Crippen LogP contribution < -0.4 is 10.1 Å². The van der Waals surface area contributed by atoms with Crippen molar-refractivity contribution in [1.82, 2.24) is 15.2 Å². The zero-order valence-corrected chi connectivity index (χ0v) is 17.6. The minimum absolute atomic E-state index is 0. The van der Waals surface area contributed by atoms with Crippen LogP contribution in [0.25, 0.3) is 0 Å². The van der Waals surface area contributed by atoms with Crippen molar-refractivity contribution in [2.75, 3.05) is 46.5 Å². The molecule has 0 bridgehead atoms. The molecule has 2 aliphatic heterocycles. The molecule has 146 valence electrons. The van der Waals surface area contributed by atoms with Crippen molar-refractivity contribution in [3.8, 4) is 5.88 Å². The molecule has 3 rings (SSSR count). The van der Waals surface area contributed by atoms with Gasteiger partial charge < -0.3 is 19.7 Å². The van der Waals surface area contributed by atoms with Crippen molar-refractivity contribution in [2.45, 2.75) is 25.7 Å². The number of nitrogens with one attached hydrogen (secondary N) is 1. The Hall–Kier alpha value is -1.16. The maximum atomic E-state index is 13.5. The Morgan fingerprint density at radius 3 is 3.04 bits per heavy atom. The van der Waals surface area contributed by atoms with E-state index in [0.29, 0.717) is 13.2 Å². The first-order chi connectivity index (χ1) is 12.2. The van der Waals surface area contributed by atoms with Crippen LogP contribution in [0.1, 0.15) is 25.7 Å². The Labute approximate surface area is 171 Å². The molecule has 1 spiro atoms. The number of halogens is 2. The number of pyridine rings is 1. The molecule has 1 atom stereocenters. The summed E-state index contributed by atoms with van der Waals surface area (Å²) in [6.45, 7) is 4.58. The zero-order valence-electron chi connectivity index (χ0n) is 15.2. The largest absolute Gasteiger partial charge is 0.474 e. The van der Waals surface area contributed by atoms with E-state index in [4.69, 9.17) is 9.47 Å². The fraction of sp³-hybridized carbons (Fsp3) is 0.667. The summed E-state index contributed by atoms with van der Waals surface area (Å²) in [6, 6.07) is 2.89. The van der Waals surface area contributed by atoms with E-state index in [-0.39, 0.29) is 35.3 Å². The molecule has 0 aromatic carbocycles. The van der Waals surface area contributed by atoms with Gasteiger partial charge in [0.1, 0.15) is 6.61 Å². The topological polar surface area (TPSA) is 59.0 Å². The lowest BCUT2D eigenvalue weighted by atomic mass is 9.76. The number of piperidine rings is 1. The van der Waals surface area contributed by atoms with Gasteiger partial charge in [-0.05, 0) is 37.8 Å². The Kier molecular flexibility index (Phi) is 8.33. The third-order valence-corrected chi connectivity index (χ3v) is 4.93. The van der Waals surface area contributed by atoms with Crippen molar-refractivity contribution >= 4 is 29.9 Å². The average Bonchev–Trinajstić information content (AvgIpc) is 2.64. The molecule has 1 unspecified atom stereocenters. The van der Waals surface area contributed by atoms with Crippen LogP contribution >= 0.6 is 24.0 Å². The number of likely N-dealkylation sites (tertiary alicyclic amines) is 1. The molecular formula is C18H28FIN4O2. The number of ether oxygens (including phenoxy) is 2. The fourth-order valence-corrected chi connectivity index (χ4v) is 3.74. The van der Waals surface area contributed by atoms with Gasteiger partial charge in [0.15, 0.2) is 11.8 Å². The van der Waals surface area contributed by atoms with Crippen LogP contribution in [-0.2, 0) is 4.74 Å². The molecule has 0 radical (unpaired) electrons. The van der Waals surface area contributed by atoms with E-state index in [0.717, 1.165) is 45.1 Å². The molecule has 2 aliphatic rings. The number of hydrogen-bond donors (Lipinski definition) is 1. The lowest BCUT2D eigenvalue weighted by Crippen LogP contribution is -2.53. The lowest BCUT2D eigenvalue weighted by Gasteiger charge is -2.45. The van der Waals surface area contributed by atoms with Gasteiger partial charge in [0.2, 0.25) is 5.88 Å². The zero-order chi connectivity index (χ0) is 17.5. The van der Waals surface area contributed by atoms with Gasteiger partial charge in [0.25, 0.3) is 0 Å². The second-order valence-corrected chi connectivity index (χ2v) is 6.79. The molecule has 8 heteroatoms. The van der Waals surface area contributed by atoms with Gasteiger partial charge in [-0.3, -0.25) is 4.99 Å². The molecule has 1 aromatic heterocycles. The molecule has 0 aliphatic carbocycles. The van der Waals surface area contributed by atoms with Crippen LogP contribution in [-0.4, -0.2) is 62.3 Å². The Morgan fingerprint density at radius 2 is 2.31 bits per heavy atom. The smallest absolute Gasteiger partial charge is 0.250 e. The van der Waals surface area contributed by atoms with E-state index < -0.39 is 5.82 Å². The van der Waals surface area contributed by atoms with Crippen LogP contribution in [0.15, 0.2) is 23.3 Å². The predicted molar refractivity (Wildman–Crippen MR) is 110 cm³/mol. The second-order valence-electron chi connectivity index (χ2n) is 6.79. The highest BCUT2D eigenvalue weighted by Gasteiger charge is 2.38. The monoisotopic (exact) mass is 478 g/mol. The number of hydrogen-bond acceptors (Lipinski definition) is 4. The number of aromatic nitrogens is 1. The number of nitrogens with zero attached hydrogens (tertiary/aromatic N) is 3. The van der Waals surface area contributed by atoms with Gasteiger partial charge in [-0.15, -0.1) is 24.0 Å². The van der Waals surface area contributed by atoms with Crippen molar-refractivity contribution < 1.29 is 13.9 Å². The molecular weight excluding hydrogens is 450 g/mol. The van der Waals surface area contributed by atoms with Crippen LogP contribution in [0.2, 0.25) is 0 Å². The summed E-state index contributed by atoms with van der Waals surface area (Å²) in [5.74, 6) is 0.465. The highest BCUT2D eigenvalue weighted by atomic mass is 127. The van der Waals surface area contributed by atoms with Crippen molar-refractivity contribution in [2.24, 2.45) is 10.4 Å². The molecule has 26 heavy (non-hydrogen) atoms. The first-order valence-corrected chi connectivity index (χ1v) is 8.99. The summed E-state index contributed by atoms with van der Waals surface area (Å²) in [7, 11) is 1.79. The van der Waals surface area contributed by atoms with Gasteiger partial charge in [-0.2, -0.15) is 0 Å².